The maximum Gasteiger partial charge on any atom is 0.271 e. The third-order valence-corrected chi connectivity index (χ3v) is 8.11. The third kappa shape index (κ3) is 5.83. The molecule has 6 rings (SSSR count). The largest absolute Gasteiger partial charge is 0.456 e. The number of H-pyrrole nitrogens is 1. The van der Waals surface area contributed by atoms with Gasteiger partial charge in [-0.25, -0.2) is 0 Å². The van der Waals surface area contributed by atoms with Gasteiger partial charge in [0, 0.05) is 81.9 Å². The molecule has 2 aromatic carbocycles. The number of benzene rings is 2. The quantitative estimate of drug-likeness (QED) is 0.323. The lowest BCUT2D eigenvalue weighted by molar-refractivity contribution is 0.0383. The van der Waals surface area contributed by atoms with Gasteiger partial charge in [0.15, 0.2) is 0 Å². The number of nitrogens with zero attached hydrogens (tertiary/aromatic N) is 2. The molecule has 3 aromatic rings. The van der Waals surface area contributed by atoms with Crippen LogP contribution in [0.2, 0.25) is 0 Å². The highest BCUT2D eigenvalue weighted by Gasteiger charge is 2.29. The van der Waals surface area contributed by atoms with E-state index in [-0.39, 0.29) is 11.7 Å². The van der Waals surface area contributed by atoms with Crippen LogP contribution in [0.1, 0.15) is 42.1 Å². The lowest BCUT2D eigenvalue weighted by Crippen LogP contribution is -2.41. The SMILES string of the molecule is COCCCN1CCC(Nc2ccc3c(c2)Cc2cccc(C4CN(c5ccc[nH]c5=O)CCO4)c2O3)CC1. The number of ether oxygens (including phenoxy) is 3. The van der Waals surface area contributed by atoms with Gasteiger partial charge in [-0.05, 0) is 55.2 Å². The Morgan fingerprint density at radius 2 is 1.97 bits per heavy atom. The number of para-hydroxylation sites is 1. The highest BCUT2D eigenvalue weighted by molar-refractivity contribution is 5.59. The van der Waals surface area contributed by atoms with E-state index in [0.29, 0.717) is 31.4 Å². The average Bonchev–Trinajstić information content (AvgIpc) is 2.97. The molecule has 0 amide bonds. The number of hydrogen-bond donors (Lipinski definition) is 2. The summed E-state index contributed by atoms with van der Waals surface area (Å²) in [7, 11) is 1.77. The van der Waals surface area contributed by atoms with Crippen molar-refractivity contribution in [3.8, 4) is 11.5 Å². The lowest BCUT2D eigenvalue weighted by Gasteiger charge is -2.35. The monoisotopic (exact) mass is 530 g/mol. The third-order valence-electron chi connectivity index (χ3n) is 8.11. The summed E-state index contributed by atoms with van der Waals surface area (Å²) in [5.74, 6) is 1.79. The van der Waals surface area contributed by atoms with Gasteiger partial charge < -0.3 is 34.3 Å². The average molecular weight is 531 g/mol. The molecule has 39 heavy (non-hydrogen) atoms. The molecule has 2 N–H and O–H groups in total. The van der Waals surface area contributed by atoms with Crippen LogP contribution in [0, 0.1) is 0 Å². The number of nitrogens with one attached hydrogen (secondary N) is 2. The zero-order chi connectivity index (χ0) is 26.6. The molecule has 0 aliphatic carbocycles. The predicted octanol–water partition coefficient (Wildman–Crippen LogP) is 4.56. The van der Waals surface area contributed by atoms with E-state index in [1.54, 1.807) is 13.3 Å². The summed E-state index contributed by atoms with van der Waals surface area (Å²) in [5, 5.41) is 3.77. The number of aromatic nitrogens is 1. The van der Waals surface area contributed by atoms with Gasteiger partial charge in [0.1, 0.15) is 23.3 Å². The van der Waals surface area contributed by atoms with Gasteiger partial charge in [0.2, 0.25) is 0 Å². The number of aromatic amines is 1. The molecule has 4 heterocycles. The number of rotatable bonds is 8. The molecule has 0 spiro atoms. The molecule has 0 saturated carbocycles. The fourth-order valence-corrected chi connectivity index (χ4v) is 6.03. The van der Waals surface area contributed by atoms with E-state index in [4.69, 9.17) is 14.2 Å². The van der Waals surface area contributed by atoms with E-state index < -0.39 is 0 Å². The van der Waals surface area contributed by atoms with Gasteiger partial charge >= 0.3 is 0 Å². The minimum absolute atomic E-state index is 0.0736. The summed E-state index contributed by atoms with van der Waals surface area (Å²) in [6.45, 7) is 6.06. The van der Waals surface area contributed by atoms with Crippen LogP contribution in [-0.2, 0) is 15.9 Å². The number of hydrogen-bond acceptors (Lipinski definition) is 7. The maximum absolute atomic E-state index is 12.4. The Hall–Kier alpha value is -3.33. The van der Waals surface area contributed by atoms with E-state index in [1.165, 1.54) is 11.1 Å². The Kier molecular flexibility index (Phi) is 7.85. The first-order valence-electron chi connectivity index (χ1n) is 14.1. The van der Waals surface area contributed by atoms with Crippen LogP contribution in [0.15, 0.2) is 59.5 Å². The minimum atomic E-state index is -0.170. The van der Waals surface area contributed by atoms with Crippen molar-refractivity contribution in [2.45, 2.75) is 37.8 Å². The first-order valence-corrected chi connectivity index (χ1v) is 14.1. The summed E-state index contributed by atoms with van der Waals surface area (Å²) in [5.41, 5.74) is 5.17. The second-order valence-corrected chi connectivity index (χ2v) is 10.7. The molecule has 206 valence electrons. The van der Waals surface area contributed by atoms with Crippen molar-refractivity contribution < 1.29 is 14.2 Å². The van der Waals surface area contributed by atoms with Crippen LogP contribution < -0.4 is 20.5 Å². The normalized spacial score (nSPS) is 19.7. The molecule has 3 aliphatic rings. The molecule has 2 saturated heterocycles. The van der Waals surface area contributed by atoms with Gasteiger partial charge in [-0.2, -0.15) is 0 Å². The van der Waals surface area contributed by atoms with Crippen LogP contribution in [0.5, 0.6) is 11.5 Å². The summed E-state index contributed by atoms with van der Waals surface area (Å²) in [6.07, 6.45) is 5.72. The fraction of sp³-hybridized carbons (Fsp3) is 0.452. The van der Waals surface area contributed by atoms with E-state index in [2.05, 4.69) is 56.5 Å². The Morgan fingerprint density at radius 3 is 2.82 bits per heavy atom. The van der Waals surface area contributed by atoms with Gasteiger partial charge in [0.25, 0.3) is 5.56 Å². The zero-order valence-corrected chi connectivity index (χ0v) is 22.7. The molecule has 3 aliphatic heterocycles. The van der Waals surface area contributed by atoms with Crippen LogP contribution in [0.3, 0.4) is 0 Å². The Balaban J connectivity index is 1.12. The van der Waals surface area contributed by atoms with Crippen molar-refractivity contribution in [1.82, 2.24) is 9.88 Å². The fourth-order valence-electron chi connectivity index (χ4n) is 6.03. The molecule has 1 unspecified atom stereocenters. The predicted molar refractivity (Wildman–Crippen MR) is 153 cm³/mol. The van der Waals surface area contributed by atoms with Crippen molar-refractivity contribution in [3.63, 3.8) is 0 Å². The molecular formula is C31H38N4O4. The van der Waals surface area contributed by atoms with E-state index >= 15 is 0 Å². The summed E-state index contributed by atoms with van der Waals surface area (Å²) in [6, 6.07) is 17.0. The summed E-state index contributed by atoms with van der Waals surface area (Å²) >= 11 is 0. The lowest BCUT2D eigenvalue weighted by atomic mass is 9.95. The maximum atomic E-state index is 12.4. The molecular weight excluding hydrogens is 492 g/mol. The van der Waals surface area contributed by atoms with Gasteiger partial charge in [-0.15, -0.1) is 0 Å². The van der Waals surface area contributed by atoms with Crippen LogP contribution in [0.4, 0.5) is 11.4 Å². The van der Waals surface area contributed by atoms with Crippen LogP contribution in [-0.4, -0.2) is 69.0 Å². The Morgan fingerprint density at radius 1 is 1.08 bits per heavy atom. The molecule has 0 bridgehead atoms. The van der Waals surface area contributed by atoms with E-state index in [1.807, 2.05) is 12.1 Å². The van der Waals surface area contributed by atoms with Crippen LogP contribution in [0.25, 0.3) is 0 Å². The van der Waals surface area contributed by atoms with Gasteiger partial charge in [-0.3, -0.25) is 4.79 Å². The number of piperidine rings is 1. The Bertz CT molecular complexity index is 1330. The molecule has 1 atom stereocenters. The number of fused-ring (bicyclic) bond motifs is 2. The Labute approximate surface area is 229 Å². The smallest absolute Gasteiger partial charge is 0.271 e. The number of morpholine rings is 1. The number of methoxy groups -OCH3 is 1. The second-order valence-electron chi connectivity index (χ2n) is 10.7. The van der Waals surface area contributed by atoms with Crippen LogP contribution >= 0.6 is 0 Å². The molecule has 0 radical (unpaired) electrons. The second kappa shape index (κ2) is 11.8. The van der Waals surface area contributed by atoms with Crippen molar-refractivity contribution in [3.05, 3.63) is 81.8 Å². The number of likely N-dealkylation sites (tertiary alicyclic amines) is 1. The highest BCUT2D eigenvalue weighted by Crippen LogP contribution is 2.43. The standard InChI is InChI=1S/C31H38N4O4/c1-37-17-4-13-34-14-10-24(11-15-34)33-25-8-9-28-23(20-25)19-22-5-2-6-26(30(22)39-28)29-21-35(16-18-38-29)27-7-3-12-32-31(27)36/h2-3,5-9,12,20,24,29,33H,4,10-11,13-19,21H2,1H3,(H,32,36). The zero-order valence-electron chi connectivity index (χ0n) is 22.7. The molecule has 2 fully saturated rings. The molecule has 1 aromatic heterocycles. The highest BCUT2D eigenvalue weighted by atomic mass is 16.5. The van der Waals surface area contributed by atoms with Crippen molar-refractivity contribution >= 4 is 11.4 Å². The number of anilines is 2. The topological polar surface area (TPSA) is 79.1 Å². The molecule has 8 nitrogen and oxygen atoms in total. The minimum Gasteiger partial charge on any atom is -0.456 e. The van der Waals surface area contributed by atoms with E-state index in [0.717, 1.165) is 74.7 Å². The van der Waals surface area contributed by atoms with Crippen molar-refractivity contribution in [1.29, 1.82) is 0 Å². The van der Waals surface area contributed by atoms with Crippen molar-refractivity contribution in [2.75, 3.05) is 63.3 Å². The van der Waals surface area contributed by atoms with Crippen molar-refractivity contribution in [2.24, 2.45) is 0 Å². The first-order chi connectivity index (χ1) is 19.2. The first kappa shape index (κ1) is 25.9. The van der Waals surface area contributed by atoms with Gasteiger partial charge in [0.05, 0.1) is 6.61 Å². The molecule has 8 heteroatoms. The van der Waals surface area contributed by atoms with Gasteiger partial charge in [-0.1, -0.05) is 18.2 Å². The van der Waals surface area contributed by atoms with E-state index in [9.17, 15) is 4.79 Å². The summed E-state index contributed by atoms with van der Waals surface area (Å²) in [4.78, 5) is 19.8. The summed E-state index contributed by atoms with van der Waals surface area (Å²) < 4.78 is 17.9. The number of pyridine rings is 1.